The van der Waals surface area contributed by atoms with Crippen molar-refractivity contribution in [2.24, 2.45) is 0 Å². The van der Waals surface area contributed by atoms with Gasteiger partial charge < -0.3 is 15.4 Å². The van der Waals surface area contributed by atoms with Gasteiger partial charge in [-0.15, -0.1) is 0 Å². The molecule has 0 aromatic heterocycles. The van der Waals surface area contributed by atoms with Crippen molar-refractivity contribution in [3.05, 3.63) is 23.8 Å². The van der Waals surface area contributed by atoms with E-state index < -0.39 is 37.5 Å². The molecule has 128 valence electrons. The van der Waals surface area contributed by atoms with Crippen molar-refractivity contribution in [1.82, 2.24) is 4.90 Å². The normalized spacial score (nSPS) is 17.9. The van der Waals surface area contributed by atoms with Gasteiger partial charge in [0.05, 0.1) is 5.69 Å². The van der Waals surface area contributed by atoms with Crippen molar-refractivity contribution in [3.63, 3.8) is 0 Å². The zero-order valence-electron chi connectivity index (χ0n) is 12.0. The Morgan fingerprint density at radius 2 is 1.87 bits per heavy atom. The number of piperidine rings is 1. The summed E-state index contributed by atoms with van der Waals surface area (Å²) in [6, 6.07) is 3.60. The van der Waals surface area contributed by atoms with Crippen LogP contribution in [0.4, 0.5) is 27.6 Å². The summed E-state index contributed by atoms with van der Waals surface area (Å²) < 4.78 is 67.0. The van der Waals surface area contributed by atoms with Crippen LogP contribution in [-0.4, -0.2) is 42.6 Å². The summed E-state index contributed by atoms with van der Waals surface area (Å²) in [6.45, 7) is -1.66. The molecule has 1 aliphatic rings. The highest BCUT2D eigenvalue weighted by molar-refractivity contribution is 5.95. The Labute approximate surface area is 129 Å². The van der Waals surface area contributed by atoms with Crippen LogP contribution in [-0.2, 0) is 0 Å². The third kappa shape index (κ3) is 4.70. The lowest BCUT2D eigenvalue weighted by Crippen LogP contribution is -2.42. The number of halogens is 5. The summed E-state index contributed by atoms with van der Waals surface area (Å²) in [5.41, 5.74) is 5.57. The molecule has 0 bridgehead atoms. The topological polar surface area (TPSA) is 55.6 Å². The minimum absolute atomic E-state index is 0.0853. The van der Waals surface area contributed by atoms with E-state index in [0.717, 1.165) is 6.07 Å². The lowest BCUT2D eigenvalue weighted by molar-refractivity contribution is -0.153. The largest absolute Gasteiger partial charge is 0.482 e. The first-order valence-electron chi connectivity index (χ1n) is 6.84. The molecule has 1 aromatic rings. The Morgan fingerprint density at radius 1 is 1.26 bits per heavy atom. The Bertz CT molecular complexity index is 579. The fourth-order valence-corrected chi connectivity index (χ4v) is 2.19. The quantitative estimate of drug-likeness (QED) is 0.681. The highest BCUT2D eigenvalue weighted by atomic mass is 19.4. The summed E-state index contributed by atoms with van der Waals surface area (Å²) in [7, 11) is 0. The van der Waals surface area contributed by atoms with Crippen LogP contribution in [0.5, 0.6) is 5.75 Å². The number of hydrogen-bond acceptors (Lipinski definition) is 3. The van der Waals surface area contributed by atoms with Crippen molar-refractivity contribution in [2.75, 3.05) is 25.4 Å². The minimum Gasteiger partial charge on any atom is -0.482 e. The molecule has 0 spiro atoms. The molecule has 9 heteroatoms. The number of rotatable bonds is 3. The number of anilines is 1. The molecule has 0 unspecified atom stereocenters. The number of nitrogens with zero attached hydrogens (tertiary/aromatic N) is 1. The molecular formula is C14H15F5N2O2. The predicted octanol–water partition coefficient (Wildman–Crippen LogP) is 3.08. The summed E-state index contributed by atoms with van der Waals surface area (Å²) in [5, 5.41) is 0. The number of nitrogen functional groups attached to an aromatic ring is 1. The molecule has 1 aliphatic heterocycles. The first kappa shape index (κ1) is 17.3. The number of carbonyl (C=O) groups excluding carboxylic acids is 1. The number of carbonyl (C=O) groups is 1. The van der Waals surface area contributed by atoms with E-state index in [2.05, 4.69) is 4.74 Å². The van der Waals surface area contributed by atoms with Gasteiger partial charge in [-0.2, -0.15) is 13.2 Å². The Balaban J connectivity index is 2.03. The molecule has 1 aromatic carbocycles. The van der Waals surface area contributed by atoms with Gasteiger partial charge in [-0.05, 0) is 18.2 Å². The van der Waals surface area contributed by atoms with Crippen molar-refractivity contribution in [1.29, 1.82) is 0 Å². The molecule has 0 aliphatic carbocycles. The van der Waals surface area contributed by atoms with Gasteiger partial charge >= 0.3 is 6.18 Å². The van der Waals surface area contributed by atoms with Crippen LogP contribution in [0, 0.1) is 0 Å². The van der Waals surface area contributed by atoms with Crippen LogP contribution in [0.15, 0.2) is 18.2 Å². The molecule has 1 fully saturated rings. The van der Waals surface area contributed by atoms with Gasteiger partial charge in [0, 0.05) is 31.5 Å². The Morgan fingerprint density at radius 3 is 2.39 bits per heavy atom. The van der Waals surface area contributed by atoms with Gasteiger partial charge in [0.1, 0.15) is 5.75 Å². The van der Waals surface area contributed by atoms with Crippen molar-refractivity contribution in [3.8, 4) is 5.75 Å². The second kappa shape index (κ2) is 6.21. The van der Waals surface area contributed by atoms with Gasteiger partial charge in [-0.1, -0.05) is 0 Å². The van der Waals surface area contributed by atoms with Crippen LogP contribution >= 0.6 is 0 Å². The number of alkyl halides is 5. The van der Waals surface area contributed by atoms with Crippen LogP contribution in [0.25, 0.3) is 0 Å². The highest BCUT2D eigenvalue weighted by Crippen LogP contribution is 2.30. The van der Waals surface area contributed by atoms with E-state index in [4.69, 9.17) is 5.73 Å². The zero-order chi connectivity index (χ0) is 17.3. The van der Waals surface area contributed by atoms with Crippen molar-refractivity contribution < 1.29 is 31.5 Å². The van der Waals surface area contributed by atoms with Crippen LogP contribution in [0.1, 0.15) is 23.2 Å². The smallest absolute Gasteiger partial charge is 0.422 e. The summed E-state index contributed by atoms with van der Waals surface area (Å²) in [4.78, 5) is 13.5. The van der Waals surface area contributed by atoms with Crippen molar-refractivity contribution >= 4 is 11.6 Å². The molecule has 1 heterocycles. The third-order valence-corrected chi connectivity index (χ3v) is 3.43. The lowest BCUT2D eigenvalue weighted by atomic mass is 10.1. The number of nitrogens with two attached hydrogens (primary N) is 1. The van der Waals surface area contributed by atoms with E-state index in [9.17, 15) is 26.7 Å². The molecule has 0 radical (unpaired) electrons. The zero-order valence-corrected chi connectivity index (χ0v) is 12.0. The van der Waals surface area contributed by atoms with Gasteiger partial charge in [0.25, 0.3) is 11.8 Å². The maximum absolute atomic E-state index is 13.1. The van der Waals surface area contributed by atoms with Gasteiger partial charge in [-0.3, -0.25) is 4.79 Å². The molecule has 0 saturated carbocycles. The second-order valence-electron chi connectivity index (χ2n) is 5.30. The lowest BCUT2D eigenvalue weighted by Gasteiger charge is -2.31. The van der Waals surface area contributed by atoms with Gasteiger partial charge in [-0.25, -0.2) is 8.78 Å². The summed E-state index contributed by atoms with van der Waals surface area (Å²) in [5.74, 6) is -3.45. The Hall–Kier alpha value is -2.06. The van der Waals surface area contributed by atoms with E-state index in [-0.39, 0.29) is 30.1 Å². The predicted molar refractivity (Wildman–Crippen MR) is 72.5 cm³/mol. The number of hydrogen-bond donors (Lipinski definition) is 1. The standard InChI is InChI=1S/C14H15F5N2O2/c15-13(16)3-5-21(6-4-13)12(22)9-1-2-11(10(20)7-9)23-8-14(17,18)19/h1-2,7H,3-6,8,20H2. The first-order valence-corrected chi connectivity index (χ1v) is 6.84. The molecular weight excluding hydrogens is 323 g/mol. The number of amides is 1. The van der Waals surface area contributed by atoms with Crippen molar-refractivity contribution in [2.45, 2.75) is 24.9 Å². The first-order chi connectivity index (χ1) is 10.6. The number of ether oxygens (including phenoxy) is 1. The molecule has 0 atom stereocenters. The van der Waals surface area contributed by atoms with Crippen LogP contribution < -0.4 is 10.5 Å². The van der Waals surface area contributed by atoms with Crippen LogP contribution in [0.3, 0.4) is 0 Å². The summed E-state index contributed by atoms with van der Waals surface area (Å²) in [6.07, 6.45) is -5.33. The molecule has 2 N–H and O–H groups in total. The van der Waals surface area contributed by atoms with E-state index in [1.807, 2.05) is 0 Å². The van der Waals surface area contributed by atoms with E-state index >= 15 is 0 Å². The second-order valence-corrected chi connectivity index (χ2v) is 5.30. The molecule has 4 nitrogen and oxygen atoms in total. The maximum atomic E-state index is 13.1. The van der Waals surface area contributed by atoms with E-state index in [1.54, 1.807) is 0 Å². The SMILES string of the molecule is Nc1cc(C(=O)N2CCC(F)(F)CC2)ccc1OCC(F)(F)F. The summed E-state index contributed by atoms with van der Waals surface area (Å²) >= 11 is 0. The monoisotopic (exact) mass is 338 g/mol. The third-order valence-electron chi connectivity index (χ3n) is 3.43. The molecule has 23 heavy (non-hydrogen) atoms. The maximum Gasteiger partial charge on any atom is 0.422 e. The number of likely N-dealkylation sites (tertiary alicyclic amines) is 1. The van der Waals surface area contributed by atoms with Gasteiger partial charge in [0.15, 0.2) is 6.61 Å². The Kier molecular flexibility index (Phi) is 4.67. The number of benzene rings is 1. The minimum atomic E-state index is -4.50. The van der Waals surface area contributed by atoms with E-state index in [0.29, 0.717) is 0 Å². The highest BCUT2D eigenvalue weighted by Gasteiger charge is 2.36. The average molecular weight is 338 g/mol. The molecule has 1 saturated heterocycles. The van der Waals surface area contributed by atoms with Crippen LogP contribution in [0.2, 0.25) is 0 Å². The molecule has 1 amide bonds. The van der Waals surface area contributed by atoms with E-state index in [1.165, 1.54) is 17.0 Å². The fourth-order valence-electron chi connectivity index (χ4n) is 2.19. The average Bonchev–Trinajstić information content (AvgIpc) is 2.44. The fraction of sp³-hybridized carbons (Fsp3) is 0.500. The molecule has 2 rings (SSSR count). The van der Waals surface area contributed by atoms with Gasteiger partial charge in [0.2, 0.25) is 0 Å².